The van der Waals surface area contributed by atoms with E-state index in [2.05, 4.69) is 15.4 Å². The predicted octanol–water partition coefficient (Wildman–Crippen LogP) is 4.10. The number of carbonyl (C=O) groups excluding carboxylic acids is 1. The second kappa shape index (κ2) is 7.98. The van der Waals surface area contributed by atoms with Crippen molar-refractivity contribution >= 4 is 17.4 Å². The highest BCUT2D eigenvalue weighted by molar-refractivity contribution is 6.03. The molecule has 0 bridgehead atoms. The maximum atomic E-state index is 13.4. The summed E-state index contributed by atoms with van der Waals surface area (Å²) in [4.78, 5) is 19.4. The molecule has 0 aliphatic carbocycles. The number of hydrogen-bond donors (Lipinski definition) is 3. The van der Waals surface area contributed by atoms with Gasteiger partial charge in [0, 0.05) is 43.6 Å². The van der Waals surface area contributed by atoms with Gasteiger partial charge in [-0.1, -0.05) is 30.3 Å². The topological polar surface area (TPSA) is 104 Å². The molecule has 5 rings (SSSR count). The van der Waals surface area contributed by atoms with Gasteiger partial charge in [-0.05, 0) is 24.1 Å². The fourth-order valence-corrected chi connectivity index (χ4v) is 4.15. The van der Waals surface area contributed by atoms with Crippen molar-refractivity contribution < 1.29 is 15.0 Å². The number of aromatic nitrogens is 3. The Bertz CT molecular complexity index is 1350. The molecule has 0 unspecified atom stereocenters. The zero-order valence-electron chi connectivity index (χ0n) is 18.3. The van der Waals surface area contributed by atoms with Crippen molar-refractivity contribution in [3.8, 4) is 22.8 Å². The number of aromatic hydroxyl groups is 2. The number of benzene rings is 2. The monoisotopic (exact) mass is 441 g/mol. The molecule has 166 valence electrons. The molecule has 0 atom stereocenters. The van der Waals surface area contributed by atoms with Crippen molar-refractivity contribution in [3.05, 3.63) is 83.2 Å². The summed E-state index contributed by atoms with van der Waals surface area (Å²) in [7, 11) is 1.79. The van der Waals surface area contributed by atoms with E-state index in [0.717, 1.165) is 28.1 Å². The third-order valence-electron chi connectivity index (χ3n) is 5.85. The highest BCUT2D eigenvalue weighted by Gasteiger charge is 2.29. The van der Waals surface area contributed by atoms with Gasteiger partial charge in [-0.3, -0.25) is 14.5 Å². The highest BCUT2D eigenvalue weighted by Crippen LogP contribution is 2.36. The normalized spacial score (nSPS) is 12.6. The number of nitrogens with zero attached hydrogens (tertiary/aromatic N) is 4. The summed E-state index contributed by atoms with van der Waals surface area (Å²) in [6, 6.07) is 16.2. The van der Waals surface area contributed by atoms with Gasteiger partial charge in [-0.25, -0.2) is 0 Å². The van der Waals surface area contributed by atoms with E-state index in [9.17, 15) is 15.0 Å². The summed E-state index contributed by atoms with van der Waals surface area (Å²) in [6.45, 7) is 2.78. The van der Waals surface area contributed by atoms with Crippen LogP contribution in [0.5, 0.6) is 11.5 Å². The SMILES string of the molecule is Cc1ccccc1-c1cc(Nc2cc(O)cc(O)c2C(=O)N2Cc3cccnc3C2)n(C)n1. The lowest BCUT2D eigenvalue weighted by atomic mass is 10.1. The van der Waals surface area contributed by atoms with Gasteiger partial charge < -0.3 is 20.4 Å². The largest absolute Gasteiger partial charge is 0.508 e. The van der Waals surface area contributed by atoms with Crippen molar-refractivity contribution in [2.75, 3.05) is 5.32 Å². The minimum absolute atomic E-state index is 0.0826. The van der Waals surface area contributed by atoms with E-state index in [1.54, 1.807) is 22.8 Å². The molecule has 0 fully saturated rings. The van der Waals surface area contributed by atoms with E-state index in [1.807, 2.05) is 49.4 Å². The van der Waals surface area contributed by atoms with E-state index in [-0.39, 0.29) is 23.0 Å². The summed E-state index contributed by atoms with van der Waals surface area (Å²) in [5.74, 6) is -0.195. The summed E-state index contributed by atoms with van der Waals surface area (Å²) >= 11 is 0. The van der Waals surface area contributed by atoms with Crippen molar-refractivity contribution in [1.29, 1.82) is 0 Å². The maximum absolute atomic E-state index is 13.4. The highest BCUT2D eigenvalue weighted by atomic mass is 16.3. The van der Waals surface area contributed by atoms with Crippen LogP contribution >= 0.6 is 0 Å². The molecular weight excluding hydrogens is 418 g/mol. The Morgan fingerprint density at radius 3 is 2.67 bits per heavy atom. The summed E-state index contributed by atoms with van der Waals surface area (Å²) in [6.07, 6.45) is 1.70. The number of nitrogens with one attached hydrogen (secondary N) is 1. The second-order valence-electron chi connectivity index (χ2n) is 8.14. The standard InChI is InChI=1S/C25H23N5O3/c1-15-6-3-4-8-18(15)19-12-23(29(2)28-19)27-20-10-17(31)11-22(32)24(20)25(33)30-13-16-7-5-9-26-21(16)14-30/h3-12,27,31-32H,13-14H2,1-2H3. The fourth-order valence-electron chi connectivity index (χ4n) is 4.15. The molecule has 2 aromatic carbocycles. The minimum Gasteiger partial charge on any atom is -0.508 e. The fraction of sp³-hybridized carbons (Fsp3) is 0.160. The molecule has 3 N–H and O–H groups in total. The predicted molar refractivity (Wildman–Crippen MR) is 124 cm³/mol. The molecular formula is C25H23N5O3. The molecule has 1 aliphatic rings. The zero-order valence-corrected chi connectivity index (χ0v) is 18.3. The summed E-state index contributed by atoms with van der Waals surface area (Å²) < 4.78 is 1.66. The number of carbonyl (C=O) groups is 1. The first kappa shape index (κ1) is 20.6. The van der Waals surface area contributed by atoms with Crippen molar-refractivity contribution in [1.82, 2.24) is 19.7 Å². The van der Waals surface area contributed by atoms with E-state index >= 15 is 0 Å². The number of phenolic OH excluding ortho intramolecular Hbond substituents is 2. The first-order valence-electron chi connectivity index (χ1n) is 10.6. The maximum Gasteiger partial charge on any atom is 0.260 e. The number of hydrogen-bond acceptors (Lipinski definition) is 6. The minimum atomic E-state index is -0.353. The van der Waals surface area contributed by atoms with Crippen LogP contribution in [-0.2, 0) is 20.1 Å². The molecule has 33 heavy (non-hydrogen) atoms. The lowest BCUT2D eigenvalue weighted by Crippen LogP contribution is -2.26. The van der Waals surface area contributed by atoms with Crippen LogP contribution in [0.4, 0.5) is 11.5 Å². The van der Waals surface area contributed by atoms with Crippen molar-refractivity contribution in [2.45, 2.75) is 20.0 Å². The van der Waals surface area contributed by atoms with Gasteiger partial charge in [0.15, 0.2) is 0 Å². The molecule has 0 saturated carbocycles. The van der Waals surface area contributed by atoms with E-state index in [1.165, 1.54) is 12.1 Å². The Kier molecular flexibility index (Phi) is 4.97. The van der Waals surface area contributed by atoms with E-state index in [4.69, 9.17) is 0 Å². The third kappa shape index (κ3) is 3.76. The number of anilines is 2. The molecule has 1 aliphatic heterocycles. The molecule has 1 amide bonds. The number of phenols is 2. The molecule has 0 spiro atoms. The lowest BCUT2D eigenvalue weighted by molar-refractivity contribution is 0.0748. The van der Waals surface area contributed by atoms with Gasteiger partial charge in [0.1, 0.15) is 22.9 Å². The Balaban J connectivity index is 1.49. The van der Waals surface area contributed by atoms with Crippen LogP contribution in [0.2, 0.25) is 0 Å². The number of pyridine rings is 1. The van der Waals surface area contributed by atoms with Crippen LogP contribution in [0, 0.1) is 6.92 Å². The average molecular weight is 441 g/mol. The van der Waals surface area contributed by atoms with Gasteiger partial charge in [0.2, 0.25) is 0 Å². The summed E-state index contributed by atoms with van der Waals surface area (Å²) in [5, 5.41) is 28.5. The van der Waals surface area contributed by atoms with Crippen molar-refractivity contribution in [2.24, 2.45) is 7.05 Å². The van der Waals surface area contributed by atoms with Crippen LogP contribution < -0.4 is 5.32 Å². The van der Waals surface area contributed by atoms with Crippen molar-refractivity contribution in [3.63, 3.8) is 0 Å². The van der Waals surface area contributed by atoms with Gasteiger partial charge in [0.25, 0.3) is 5.91 Å². The first-order chi connectivity index (χ1) is 15.9. The third-order valence-corrected chi connectivity index (χ3v) is 5.85. The second-order valence-corrected chi connectivity index (χ2v) is 8.14. The van der Waals surface area contributed by atoms with E-state index < -0.39 is 0 Å². The zero-order chi connectivity index (χ0) is 23.1. The molecule has 8 nitrogen and oxygen atoms in total. The Hall–Kier alpha value is -4.33. The number of aryl methyl sites for hydroxylation is 2. The number of amides is 1. The van der Waals surface area contributed by atoms with Gasteiger partial charge in [0.05, 0.1) is 23.6 Å². The van der Waals surface area contributed by atoms with Crippen LogP contribution in [0.25, 0.3) is 11.3 Å². The van der Waals surface area contributed by atoms with Gasteiger partial charge in [-0.15, -0.1) is 0 Å². The van der Waals surface area contributed by atoms with Gasteiger partial charge in [-0.2, -0.15) is 5.10 Å². The lowest BCUT2D eigenvalue weighted by Gasteiger charge is -2.19. The van der Waals surface area contributed by atoms with Crippen LogP contribution in [0.3, 0.4) is 0 Å². The van der Waals surface area contributed by atoms with Gasteiger partial charge >= 0.3 is 0 Å². The smallest absolute Gasteiger partial charge is 0.260 e. The average Bonchev–Trinajstić information content (AvgIpc) is 3.37. The summed E-state index contributed by atoms with van der Waals surface area (Å²) in [5.41, 5.74) is 5.06. The molecule has 0 radical (unpaired) electrons. The number of rotatable bonds is 4. The molecule has 0 saturated heterocycles. The number of fused-ring (bicyclic) bond motifs is 1. The molecule has 2 aromatic heterocycles. The van der Waals surface area contributed by atoms with Crippen LogP contribution in [-0.4, -0.2) is 35.8 Å². The molecule has 8 heteroatoms. The van der Waals surface area contributed by atoms with Crippen LogP contribution in [0.15, 0.2) is 60.8 Å². The van der Waals surface area contributed by atoms with E-state index in [0.29, 0.717) is 24.6 Å². The quantitative estimate of drug-likeness (QED) is 0.441. The Morgan fingerprint density at radius 1 is 1.06 bits per heavy atom. The Morgan fingerprint density at radius 2 is 1.88 bits per heavy atom. The molecule has 4 aromatic rings. The molecule has 3 heterocycles. The van der Waals surface area contributed by atoms with Crippen LogP contribution in [0.1, 0.15) is 27.2 Å². The Labute approximate surface area is 190 Å². The first-order valence-corrected chi connectivity index (χ1v) is 10.6.